The van der Waals surface area contributed by atoms with E-state index in [4.69, 9.17) is 9.84 Å². The van der Waals surface area contributed by atoms with E-state index in [-0.39, 0.29) is 5.92 Å². The van der Waals surface area contributed by atoms with E-state index in [0.717, 1.165) is 25.3 Å². The fourth-order valence-corrected chi connectivity index (χ4v) is 1.59. The van der Waals surface area contributed by atoms with Gasteiger partial charge >= 0.3 is 5.97 Å². The first kappa shape index (κ1) is 14.5. The van der Waals surface area contributed by atoms with Crippen LogP contribution in [0.3, 0.4) is 0 Å². The summed E-state index contributed by atoms with van der Waals surface area (Å²) in [5.41, 5.74) is 1.24. The highest BCUT2D eigenvalue weighted by molar-refractivity contribution is 5.69. The molecule has 0 aliphatic carbocycles. The van der Waals surface area contributed by atoms with Gasteiger partial charge in [-0.3, -0.25) is 4.79 Å². The van der Waals surface area contributed by atoms with Gasteiger partial charge in [-0.1, -0.05) is 19.1 Å². The summed E-state index contributed by atoms with van der Waals surface area (Å²) >= 11 is 0. The van der Waals surface area contributed by atoms with Crippen molar-refractivity contribution in [1.82, 2.24) is 5.32 Å². The second-order valence-corrected chi connectivity index (χ2v) is 4.38. The van der Waals surface area contributed by atoms with Crippen molar-refractivity contribution >= 4 is 5.97 Å². The third kappa shape index (κ3) is 5.19. The van der Waals surface area contributed by atoms with E-state index in [1.165, 1.54) is 5.56 Å². The Labute approximate surface area is 108 Å². The molecule has 0 amide bonds. The zero-order valence-electron chi connectivity index (χ0n) is 11.0. The Morgan fingerprint density at radius 1 is 1.33 bits per heavy atom. The standard InChI is InChI=1S/C14H21NO3/c1-11(14(16)17)7-9-15-10-8-12-3-5-13(18-2)6-4-12/h3-6,11,15H,7-10H2,1-2H3,(H,16,17). The van der Waals surface area contributed by atoms with Crippen LogP contribution in [0.4, 0.5) is 0 Å². The highest BCUT2D eigenvalue weighted by atomic mass is 16.5. The van der Waals surface area contributed by atoms with Gasteiger partial charge in [-0.15, -0.1) is 0 Å². The van der Waals surface area contributed by atoms with Gasteiger partial charge in [0, 0.05) is 0 Å². The summed E-state index contributed by atoms with van der Waals surface area (Å²) in [4.78, 5) is 10.6. The van der Waals surface area contributed by atoms with E-state index in [1.807, 2.05) is 24.3 Å². The maximum atomic E-state index is 10.6. The third-order valence-corrected chi connectivity index (χ3v) is 2.93. The van der Waals surface area contributed by atoms with Crippen LogP contribution in [0.25, 0.3) is 0 Å². The van der Waals surface area contributed by atoms with Crippen LogP contribution in [0.15, 0.2) is 24.3 Å². The summed E-state index contributed by atoms with van der Waals surface area (Å²) in [5.74, 6) is -0.146. The van der Waals surface area contributed by atoms with Gasteiger partial charge in [0.25, 0.3) is 0 Å². The number of hydrogen-bond acceptors (Lipinski definition) is 3. The van der Waals surface area contributed by atoms with Gasteiger partial charge in [0.15, 0.2) is 0 Å². The van der Waals surface area contributed by atoms with Gasteiger partial charge in [-0.25, -0.2) is 0 Å². The zero-order valence-corrected chi connectivity index (χ0v) is 11.0. The van der Waals surface area contributed by atoms with Crippen LogP contribution in [0.5, 0.6) is 5.75 Å². The topological polar surface area (TPSA) is 58.6 Å². The summed E-state index contributed by atoms with van der Waals surface area (Å²) in [6.07, 6.45) is 1.60. The van der Waals surface area contributed by atoms with Crippen LogP contribution >= 0.6 is 0 Å². The van der Waals surface area contributed by atoms with Crippen molar-refractivity contribution in [3.05, 3.63) is 29.8 Å². The van der Waals surface area contributed by atoms with Gasteiger partial charge in [0.2, 0.25) is 0 Å². The molecule has 0 saturated carbocycles. The number of carbonyl (C=O) groups is 1. The molecule has 0 heterocycles. The molecule has 1 aromatic carbocycles. The minimum absolute atomic E-state index is 0.279. The monoisotopic (exact) mass is 251 g/mol. The van der Waals surface area contributed by atoms with E-state index in [1.54, 1.807) is 14.0 Å². The van der Waals surface area contributed by atoms with E-state index in [2.05, 4.69) is 5.32 Å². The second kappa shape index (κ2) is 7.71. The summed E-state index contributed by atoms with van der Waals surface area (Å²) < 4.78 is 5.09. The molecule has 0 fully saturated rings. The molecule has 1 rings (SSSR count). The van der Waals surface area contributed by atoms with Crippen LogP contribution < -0.4 is 10.1 Å². The van der Waals surface area contributed by atoms with Crippen molar-refractivity contribution in [2.75, 3.05) is 20.2 Å². The van der Waals surface area contributed by atoms with Gasteiger partial charge in [0.1, 0.15) is 5.75 Å². The minimum atomic E-state index is -0.730. The van der Waals surface area contributed by atoms with Gasteiger partial charge in [-0.2, -0.15) is 0 Å². The highest BCUT2D eigenvalue weighted by Crippen LogP contribution is 2.11. The Hall–Kier alpha value is -1.55. The number of aliphatic carboxylic acids is 1. The van der Waals surface area contributed by atoms with Crippen LogP contribution in [0.2, 0.25) is 0 Å². The molecule has 4 nitrogen and oxygen atoms in total. The van der Waals surface area contributed by atoms with Gasteiger partial charge < -0.3 is 15.2 Å². The average Bonchev–Trinajstić information content (AvgIpc) is 2.38. The van der Waals surface area contributed by atoms with Crippen LogP contribution in [-0.2, 0) is 11.2 Å². The Balaban J connectivity index is 2.15. The van der Waals surface area contributed by atoms with E-state index >= 15 is 0 Å². The number of nitrogens with one attached hydrogen (secondary N) is 1. The van der Waals surface area contributed by atoms with E-state index in [0.29, 0.717) is 6.42 Å². The predicted octanol–water partition coefficient (Wildman–Crippen LogP) is 1.94. The fourth-order valence-electron chi connectivity index (χ4n) is 1.59. The van der Waals surface area contributed by atoms with Crippen molar-refractivity contribution in [3.8, 4) is 5.75 Å². The van der Waals surface area contributed by atoms with Crippen LogP contribution in [0.1, 0.15) is 18.9 Å². The number of hydrogen-bond donors (Lipinski definition) is 2. The largest absolute Gasteiger partial charge is 0.497 e. The molecule has 0 aliphatic heterocycles. The number of rotatable bonds is 8. The minimum Gasteiger partial charge on any atom is -0.497 e. The summed E-state index contributed by atoms with van der Waals surface area (Å²) in [5, 5.41) is 12.0. The van der Waals surface area contributed by atoms with Crippen molar-refractivity contribution in [2.45, 2.75) is 19.8 Å². The molecule has 2 N–H and O–H groups in total. The van der Waals surface area contributed by atoms with Crippen molar-refractivity contribution in [2.24, 2.45) is 5.92 Å². The Bertz CT molecular complexity index is 362. The lowest BCUT2D eigenvalue weighted by atomic mass is 10.1. The average molecular weight is 251 g/mol. The Morgan fingerprint density at radius 3 is 2.56 bits per heavy atom. The fraction of sp³-hybridized carbons (Fsp3) is 0.500. The number of carboxylic acid groups (broad SMARTS) is 1. The Morgan fingerprint density at radius 2 is 2.00 bits per heavy atom. The quantitative estimate of drug-likeness (QED) is 0.693. The van der Waals surface area contributed by atoms with E-state index < -0.39 is 5.97 Å². The first-order valence-corrected chi connectivity index (χ1v) is 6.20. The molecule has 0 saturated heterocycles. The smallest absolute Gasteiger partial charge is 0.306 e. The maximum Gasteiger partial charge on any atom is 0.306 e. The number of carboxylic acids is 1. The van der Waals surface area contributed by atoms with Gasteiger partial charge in [-0.05, 0) is 43.6 Å². The lowest BCUT2D eigenvalue weighted by molar-refractivity contribution is -0.141. The molecule has 0 radical (unpaired) electrons. The Kier molecular flexibility index (Phi) is 6.22. The van der Waals surface area contributed by atoms with Crippen molar-refractivity contribution < 1.29 is 14.6 Å². The lowest BCUT2D eigenvalue weighted by Gasteiger charge is -2.08. The summed E-state index contributed by atoms with van der Waals surface area (Å²) in [6, 6.07) is 7.98. The molecule has 18 heavy (non-hydrogen) atoms. The molecule has 1 atom stereocenters. The molecule has 1 aromatic rings. The molecule has 0 aliphatic rings. The molecular weight excluding hydrogens is 230 g/mol. The molecule has 4 heteroatoms. The summed E-state index contributed by atoms with van der Waals surface area (Å²) in [7, 11) is 1.65. The SMILES string of the molecule is COc1ccc(CCNCCC(C)C(=O)O)cc1. The third-order valence-electron chi connectivity index (χ3n) is 2.93. The van der Waals surface area contributed by atoms with E-state index in [9.17, 15) is 4.79 Å². The van der Waals surface area contributed by atoms with Crippen molar-refractivity contribution in [3.63, 3.8) is 0 Å². The molecule has 0 aromatic heterocycles. The normalized spacial score (nSPS) is 12.1. The molecular formula is C14H21NO3. The lowest BCUT2D eigenvalue weighted by Crippen LogP contribution is -2.22. The number of benzene rings is 1. The van der Waals surface area contributed by atoms with Gasteiger partial charge in [0.05, 0.1) is 13.0 Å². The van der Waals surface area contributed by atoms with Crippen molar-refractivity contribution in [1.29, 1.82) is 0 Å². The molecule has 0 spiro atoms. The molecule has 0 bridgehead atoms. The maximum absolute atomic E-state index is 10.6. The van der Waals surface area contributed by atoms with Crippen LogP contribution in [0, 0.1) is 5.92 Å². The highest BCUT2D eigenvalue weighted by Gasteiger charge is 2.09. The van der Waals surface area contributed by atoms with Crippen LogP contribution in [-0.4, -0.2) is 31.3 Å². The molecule has 1 unspecified atom stereocenters. The first-order valence-electron chi connectivity index (χ1n) is 6.20. The first-order chi connectivity index (χ1) is 8.63. The zero-order chi connectivity index (χ0) is 13.4. The second-order valence-electron chi connectivity index (χ2n) is 4.38. The molecule has 100 valence electrons. The predicted molar refractivity (Wildman–Crippen MR) is 71.0 cm³/mol. The number of methoxy groups -OCH3 is 1. The summed E-state index contributed by atoms with van der Waals surface area (Å²) in [6.45, 7) is 3.33. The number of ether oxygens (including phenoxy) is 1.